The van der Waals surface area contributed by atoms with E-state index in [0.29, 0.717) is 6.54 Å². The topological polar surface area (TPSA) is 12.0 Å². The third-order valence-corrected chi connectivity index (χ3v) is 2.13. The first kappa shape index (κ1) is 11.1. The molecule has 0 radical (unpaired) electrons. The molecule has 0 fully saturated rings. The highest BCUT2D eigenvalue weighted by Gasteiger charge is 2.12. The van der Waals surface area contributed by atoms with Crippen LogP contribution < -0.4 is 5.32 Å². The zero-order valence-corrected chi connectivity index (χ0v) is 8.43. The lowest BCUT2D eigenvalue weighted by Crippen LogP contribution is -2.31. The van der Waals surface area contributed by atoms with Crippen LogP contribution in [0.5, 0.6) is 0 Å². The van der Waals surface area contributed by atoms with Gasteiger partial charge in [-0.1, -0.05) is 29.8 Å². The molecule has 0 aromatic heterocycles. The van der Waals surface area contributed by atoms with Gasteiger partial charge in [0.05, 0.1) is 6.04 Å². The number of halogens is 2. The number of nitrogens with one attached hydrogen (secondary N) is 1. The molecule has 1 unspecified atom stereocenters. The molecule has 1 atom stereocenters. The average molecular weight is 199 g/mol. The fourth-order valence-corrected chi connectivity index (χ4v) is 1.07. The Kier molecular flexibility index (Phi) is 4.01. The second-order valence-electron chi connectivity index (χ2n) is 3.49. The van der Waals surface area contributed by atoms with Crippen LogP contribution in [0.2, 0.25) is 0 Å². The summed E-state index contributed by atoms with van der Waals surface area (Å²) in [4.78, 5) is 0. The Labute approximate surface area is 83.1 Å². The van der Waals surface area contributed by atoms with Crippen LogP contribution in [0.15, 0.2) is 24.3 Å². The number of hydrogen-bond donors (Lipinski definition) is 1. The Morgan fingerprint density at radius 3 is 2.29 bits per heavy atom. The van der Waals surface area contributed by atoms with Crippen LogP contribution in [0, 0.1) is 6.92 Å². The third-order valence-electron chi connectivity index (χ3n) is 2.13. The van der Waals surface area contributed by atoms with Gasteiger partial charge in [0.15, 0.2) is 0 Å². The average Bonchev–Trinajstić information content (AvgIpc) is 2.16. The normalized spacial score (nSPS) is 13.2. The highest BCUT2D eigenvalue weighted by molar-refractivity contribution is 5.21. The predicted octanol–water partition coefficient (Wildman–Crippen LogP) is 2.74. The van der Waals surface area contributed by atoms with E-state index in [0.717, 1.165) is 5.56 Å². The maximum Gasteiger partial charge on any atom is 0.253 e. The molecular formula is C11H15F2N. The third kappa shape index (κ3) is 3.42. The van der Waals surface area contributed by atoms with Crippen LogP contribution in [-0.4, -0.2) is 12.5 Å². The minimum atomic E-state index is -2.31. The van der Waals surface area contributed by atoms with Gasteiger partial charge in [0.2, 0.25) is 0 Å². The van der Waals surface area contributed by atoms with Gasteiger partial charge in [0, 0.05) is 6.54 Å². The molecule has 0 amide bonds. The van der Waals surface area contributed by atoms with E-state index in [9.17, 15) is 8.78 Å². The first-order valence-corrected chi connectivity index (χ1v) is 4.66. The summed E-state index contributed by atoms with van der Waals surface area (Å²) in [6.07, 6.45) is -2.31. The van der Waals surface area contributed by atoms with Crippen molar-refractivity contribution in [2.75, 3.05) is 0 Å². The van der Waals surface area contributed by atoms with E-state index >= 15 is 0 Å². The first-order valence-electron chi connectivity index (χ1n) is 4.66. The van der Waals surface area contributed by atoms with Gasteiger partial charge in [-0.05, 0) is 19.4 Å². The van der Waals surface area contributed by atoms with Crippen molar-refractivity contribution in [1.29, 1.82) is 0 Å². The van der Waals surface area contributed by atoms with E-state index in [-0.39, 0.29) is 0 Å². The summed E-state index contributed by atoms with van der Waals surface area (Å²) in [7, 11) is 0. The van der Waals surface area contributed by atoms with Crippen molar-refractivity contribution in [3.8, 4) is 0 Å². The maximum absolute atomic E-state index is 12.1. The summed E-state index contributed by atoms with van der Waals surface area (Å²) < 4.78 is 24.3. The van der Waals surface area contributed by atoms with Crippen molar-refractivity contribution in [3.05, 3.63) is 35.4 Å². The summed E-state index contributed by atoms with van der Waals surface area (Å²) in [6.45, 7) is 3.98. The summed E-state index contributed by atoms with van der Waals surface area (Å²) >= 11 is 0. The molecular weight excluding hydrogens is 184 g/mol. The molecule has 1 N–H and O–H groups in total. The number of hydrogen-bond acceptors (Lipinski definition) is 1. The lowest BCUT2D eigenvalue weighted by Gasteiger charge is -2.12. The van der Waals surface area contributed by atoms with Crippen LogP contribution in [0.1, 0.15) is 18.1 Å². The van der Waals surface area contributed by atoms with Crippen molar-refractivity contribution >= 4 is 0 Å². The van der Waals surface area contributed by atoms with E-state index in [2.05, 4.69) is 5.32 Å². The van der Waals surface area contributed by atoms with Gasteiger partial charge in [0.25, 0.3) is 6.43 Å². The summed E-state index contributed by atoms with van der Waals surface area (Å²) in [5.74, 6) is 0. The van der Waals surface area contributed by atoms with E-state index in [1.165, 1.54) is 12.5 Å². The molecule has 0 saturated carbocycles. The molecule has 1 rings (SSSR count). The SMILES string of the molecule is Cc1ccc(CNC(C)C(F)F)cc1. The van der Waals surface area contributed by atoms with Crippen molar-refractivity contribution in [3.63, 3.8) is 0 Å². The molecule has 0 heterocycles. The summed E-state index contributed by atoms with van der Waals surface area (Å²) in [5, 5.41) is 2.77. The lowest BCUT2D eigenvalue weighted by molar-refractivity contribution is 0.105. The van der Waals surface area contributed by atoms with Gasteiger partial charge in [-0.15, -0.1) is 0 Å². The fraction of sp³-hybridized carbons (Fsp3) is 0.455. The smallest absolute Gasteiger partial charge is 0.253 e. The highest BCUT2D eigenvalue weighted by Crippen LogP contribution is 2.05. The van der Waals surface area contributed by atoms with Gasteiger partial charge in [-0.25, -0.2) is 8.78 Å². The molecule has 0 aliphatic carbocycles. The Morgan fingerprint density at radius 1 is 1.21 bits per heavy atom. The van der Waals surface area contributed by atoms with Crippen LogP contribution >= 0.6 is 0 Å². The van der Waals surface area contributed by atoms with E-state index in [4.69, 9.17) is 0 Å². The van der Waals surface area contributed by atoms with Crippen LogP contribution in [0.4, 0.5) is 8.78 Å². The molecule has 0 aliphatic heterocycles. The number of benzene rings is 1. The maximum atomic E-state index is 12.1. The van der Waals surface area contributed by atoms with Gasteiger partial charge in [0.1, 0.15) is 0 Å². The monoisotopic (exact) mass is 199 g/mol. The van der Waals surface area contributed by atoms with Gasteiger partial charge < -0.3 is 5.32 Å². The zero-order chi connectivity index (χ0) is 10.6. The Bertz CT molecular complexity index is 269. The molecule has 0 aliphatic rings. The van der Waals surface area contributed by atoms with Crippen LogP contribution in [0.25, 0.3) is 0 Å². The standard InChI is InChI=1S/C11H15F2N/c1-8-3-5-10(6-4-8)7-14-9(2)11(12)13/h3-6,9,11,14H,7H2,1-2H3. The minimum absolute atomic E-state index is 0.492. The predicted molar refractivity (Wildman–Crippen MR) is 53.5 cm³/mol. The van der Waals surface area contributed by atoms with Gasteiger partial charge in [-0.3, -0.25) is 0 Å². The largest absolute Gasteiger partial charge is 0.305 e. The molecule has 78 valence electrons. The molecule has 1 nitrogen and oxygen atoms in total. The van der Waals surface area contributed by atoms with Crippen molar-refractivity contribution in [1.82, 2.24) is 5.32 Å². The number of alkyl halides is 2. The first-order chi connectivity index (χ1) is 6.59. The lowest BCUT2D eigenvalue weighted by atomic mass is 10.1. The second-order valence-corrected chi connectivity index (χ2v) is 3.49. The Hall–Kier alpha value is -0.960. The van der Waals surface area contributed by atoms with Crippen molar-refractivity contribution < 1.29 is 8.78 Å². The quantitative estimate of drug-likeness (QED) is 0.786. The molecule has 0 spiro atoms. The van der Waals surface area contributed by atoms with Crippen LogP contribution in [0.3, 0.4) is 0 Å². The molecule has 1 aromatic carbocycles. The van der Waals surface area contributed by atoms with E-state index in [1.54, 1.807) is 0 Å². The molecule has 0 bridgehead atoms. The number of aryl methyl sites for hydroxylation is 1. The molecule has 14 heavy (non-hydrogen) atoms. The Morgan fingerprint density at radius 2 is 1.79 bits per heavy atom. The molecule has 3 heteroatoms. The molecule has 1 aromatic rings. The molecule has 0 saturated heterocycles. The van der Waals surface area contributed by atoms with Crippen molar-refractivity contribution in [2.24, 2.45) is 0 Å². The fourth-order valence-electron chi connectivity index (χ4n) is 1.07. The van der Waals surface area contributed by atoms with E-state index in [1.807, 2.05) is 31.2 Å². The second kappa shape index (κ2) is 5.05. The summed E-state index contributed by atoms with van der Waals surface area (Å²) in [5.41, 5.74) is 2.21. The minimum Gasteiger partial charge on any atom is -0.305 e. The van der Waals surface area contributed by atoms with Gasteiger partial charge >= 0.3 is 0 Å². The van der Waals surface area contributed by atoms with Crippen molar-refractivity contribution in [2.45, 2.75) is 32.9 Å². The zero-order valence-electron chi connectivity index (χ0n) is 8.43. The summed E-state index contributed by atoms with van der Waals surface area (Å²) in [6, 6.07) is 7.09. The Balaban J connectivity index is 2.42. The number of rotatable bonds is 4. The van der Waals surface area contributed by atoms with Crippen LogP contribution in [-0.2, 0) is 6.54 Å². The van der Waals surface area contributed by atoms with Gasteiger partial charge in [-0.2, -0.15) is 0 Å². The van der Waals surface area contributed by atoms with E-state index < -0.39 is 12.5 Å². The highest BCUT2D eigenvalue weighted by atomic mass is 19.3.